The zero-order valence-electron chi connectivity index (χ0n) is 12.8. The summed E-state index contributed by atoms with van der Waals surface area (Å²) in [5, 5.41) is 2.87. The Hall–Kier alpha value is -2.69. The summed E-state index contributed by atoms with van der Waals surface area (Å²) >= 11 is 0. The summed E-state index contributed by atoms with van der Waals surface area (Å²) in [5.41, 5.74) is 3.36. The lowest BCUT2D eigenvalue weighted by Crippen LogP contribution is -2.27. The maximum Gasteiger partial charge on any atom is 0.224 e. The molecule has 0 aliphatic rings. The molecule has 23 heavy (non-hydrogen) atoms. The van der Waals surface area contributed by atoms with Crippen molar-refractivity contribution in [3.05, 3.63) is 65.3 Å². The maximum atomic E-state index is 12.8. The van der Waals surface area contributed by atoms with Gasteiger partial charge in [0.1, 0.15) is 11.3 Å². The SMILES string of the molecule is Cc1nc2ccc(CC(=O)NCCc3ccc(F)cc3)cc2o1. The second-order valence-corrected chi connectivity index (χ2v) is 5.44. The number of amides is 1. The summed E-state index contributed by atoms with van der Waals surface area (Å²) in [7, 11) is 0. The molecule has 0 aliphatic heterocycles. The molecule has 5 heteroatoms. The van der Waals surface area contributed by atoms with Gasteiger partial charge < -0.3 is 9.73 Å². The van der Waals surface area contributed by atoms with E-state index in [9.17, 15) is 9.18 Å². The van der Waals surface area contributed by atoms with Gasteiger partial charge in [0.25, 0.3) is 0 Å². The van der Waals surface area contributed by atoms with Crippen molar-refractivity contribution in [1.82, 2.24) is 10.3 Å². The fourth-order valence-electron chi connectivity index (χ4n) is 2.44. The van der Waals surface area contributed by atoms with Gasteiger partial charge in [-0.15, -0.1) is 0 Å². The number of nitrogens with one attached hydrogen (secondary N) is 1. The lowest BCUT2D eigenvalue weighted by Gasteiger charge is -2.05. The molecule has 3 rings (SSSR count). The van der Waals surface area contributed by atoms with Crippen molar-refractivity contribution in [3.63, 3.8) is 0 Å². The van der Waals surface area contributed by atoms with E-state index in [2.05, 4.69) is 10.3 Å². The van der Waals surface area contributed by atoms with Crippen LogP contribution in [0.15, 0.2) is 46.9 Å². The molecule has 0 saturated carbocycles. The topological polar surface area (TPSA) is 55.1 Å². The fourth-order valence-corrected chi connectivity index (χ4v) is 2.44. The van der Waals surface area contributed by atoms with Crippen LogP contribution in [0, 0.1) is 12.7 Å². The van der Waals surface area contributed by atoms with Gasteiger partial charge in [-0.1, -0.05) is 18.2 Å². The molecular formula is C18H17FN2O2. The van der Waals surface area contributed by atoms with Gasteiger partial charge in [0.2, 0.25) is 5.91 Å². The molecular weight excluding hydrogens is 295 g/mol. The predicted molar refractivity (Wildman–Crippen MR) is 85.6 cm³/mol. The molecule has 0 saturated heterocycles. The van der Waals surface area contributed by atoms with E-state index in [-0.39, 0.29) is 11.7 Å². The zero-order chi connectivity index (χ0) is 16.2. The standard InChI is InChI=1S/C18H17FN2O2/c1-12-21-16-7-4-14(10-17(16)23-12)11-18(22)20-9-8-13-2-5-15(19)6-3-13/h2-7,10H,8-9,11H2,1H3,(H,20,22). The lowest BCUT2D eigenvalue weighted by atomic mass is 10.1. The van der Waals surface area contributed by atoms with Gasteiger partial charge in [-0.3, -0.25) is 4.79 Å². The van der Waals surface area contributed by atoms with E-state index >= 15 is 0 Å². The molecule has 1 amide bonds. The Morgan fingerprint density at radius 3 is 2.70 bits per heavy atom. The van der Waals surface area contributed by atoms with Crippen molar-refractivity contribution < 1.29 is 13.6 Å². The highest BCUT2D eigenvalue weighted by Crippen LogP contribution is 2.17. The highest BCUT2D eigenvalue weighted by atomic mass is 19.1. The van der Waals surface area contributed by atoms with E-state index < -0.39 is 0 Å². The van der Waals surface area contributed by atoms with Crippen LogP contribution in [0.1, 0.15) is 17.0 Å². The molecule has 3 aromatic rings. The zero-order valence-corrected chi connectivity index (χ0v) is 12.8. The third-order valence-corrected chi connectivity index (χ3v) is 3.57. The monoisotopic (exact) mass is 312 g/mol. The summed E-state index contributed by atoms with van der Waals surface area (Å²) in [6, 6.07) is 11.9. The van der Waals surface area contributed by atoms with Crippen LogP contribution in [0.2, 0.25) is 0 Å². The number of oxazole rings is 1. The Bertz CT molecular complexity index is 825. The Kier molecular flexibility index (Phi) is 4.37. The van der Waals surface area contributed by atoms with Crippen LogP contribution in [0.5, 0.6) is 0 Å². The summed E-state index contributed by atoms with van der Waals surface area (Å²) in [6.07, 6.45) is 0.964. The number of hydrogen-bond donors (Lipinski definition) is 1. The van der Waals surface area contributed by atoms with E-state index in [4.69, 9.17) is 4.42 Å². The minimum absolute atomic E-state index is 0.0531. The highest BCUT2D eigenvalue weighted by molar-refractivity contribution is 5.81. The molecule has 0 aliphatic carbocycles. The molecule has 0 fully saturated rings. The highest BCUT2D eigenvalue weighted by Gasteiger charge is 2.07. The van der Waals surface area contributed by atoms with E-state index in [0.717, 1.165) is 16.6 Å². The lowest BCUT2D eigenvalue weighted by molar-refractivity contribution is -0.120. The number of aryl methyl sites for hydroxylation is 1. The Morgan fingerprint density at radius 2 is 1.91 bits per heavy atom. The third-order valence-electron chi connectivity index (χ3n) is 3.57. The van der Waals surface area contributed by atoms with Gasteiger partial charge in [0.15, 0.2) is 11.5 Å². The molecule has 1 heterocycles. The molecule has 0 unspecified atom stereocenters. The first-order valence-electron chi connectivity index (χ1n) is 7.47. The number of nitrogens with zero attached hydrogens (tertiary/aromatic N) is 1. The first-order chi connectivity index (χ1) is 11.1. The van der Waals surface area contributed by atoms with Crippen LogP contribution in [-0.2, 0) is 17.6 Å². The summed E-state index contributed by atoms with van der Waals surface area (Å²) in [6.45, 7) is 2.32. The Morgan fingerprint density at radius 1 is 1.17 bits per heavy atom. The van der Waals surface area contributed by atoms with Crippen LogP contribution >= 0.6 is 0 Å². The minimum Gasteiger partial charge on any atom is -0.441 e. The molecule has 118 valence electrons. The number of carbonyl (C=O) groups is 1. The minimum atomic E-state index is -0.254. The second kappa shape index (κ2) is 6.60. The second-order valence-electron chi connectivity index (χ2n) is 5.44. The van der Waals surface area contributed by atoms with Crippen LogP contribution in [0.3, 0.4) is 0 Å². The Labute approximate surface area is 133 Å². The first kappa shape index (κ1) is 15.2. The largest absolute Gasteiger partial charge is 0.441 e. The average Bonchev–Trinajstić information content (AvgIpc) is 2.88. The number of halogens is 1. The number of carbonyl (C=O) groups excluding carboxylic acids is 1. The normalized spacial score (nSPS) is 10.9. The molecule has 0 radical (unpaired) electrons. The third kappa shape index (κ3) is 3.94. The van der Waals surface area contributed by atoms with Crippen molar-refractivity contribution in [2.24, 2.45) is 0 Å². The number of hydrogen-bond acceptors (Lipinski definition) is 3. The van der Waals surface area contributed by atoms with Gasteiger partial charge in [0.05, 0.1) is 6.42 Å². The van der Waals surface area contributed by atoms with Gasteiger partial charge in [-0.05, 0) is 41.8 Å². The molecule has 0 atom stereocenters. The van der Waals surface area contributed by atoms with Gasteiger partial charge in [-0.2, -0.15) is 0 Å². The maximum absolute atomic E-state index is 12.8. The van der Waals surface area contributed by atoms with Crippen molar-refractivity contribution in [1.29, 1.82) is 0 Å². The molecule has 1 aromatic heterocycles. The fraction of sp³-hybridized carbons (Fsp3) is 0.222. The molecule has 2 aromatic carbocycles. The summed E-state index contributed by atoms with van der Waals surface area (Å²) in [5.74, 6) is 0.305. The van der Waals surface area contributed by atoms with E-state index in [1.165, 1.54) is 12.1 Å². The number of rotatable bonds is 5. The smallest absolute Gasteiger partial charge is 0.224 e. The first-order valence-corrected chi connectivity index (χ1v) is 7.47. The van der Waals surface area contributed by atoms with E-state index in [0.29, 0.717) is 30.9 Å². The quantitative estimate of drug-likeness (QED) is 0.787. The van der Waals surface area contributed by atoms with Gasteiger partial charge >= 0.3 is 0 Å². The van der Waals surface area contributed by atoms with E-state index in [1.807, 2.05) is 18.2 Å². The van der Waals surface area contributed by atoms with Gasteiger partial charge in [0, 0.05) is 13.5 Å². The summed E-state index contributed by atoms with van der Waals surface area (Å²) < 4.78 is 18.3. The average molecular weight is 312 g/mol. The number of aromatic nitrogens is 1. The van der Waals surface area contributed by atoms with E-state index in [1.54, 1.807) is 19.1 Å². The van der Waals surface area contributed by atoms with Crippen LogP contribution in [0.25, 0.3) is 11.1 Å². The van der Waals surface area contributed by atoms with Gasteiger partial charge in [-0.25, -0.2) is 9.37 Å². The predicted octanol–water partition coefficient (Wildman–Crippen LogP) is 3.18. The van der Waals surface area contributed by atoms with Crippen molar-refractivity contribution in [2.75, 3.05) is 6.54 Å². The Balaban J connectivity index is 1.52. The van der Waals surface area contributed by atoms with Crippen molar-refractivity contribution >= 4 is 17.0 Å². The molecule has 0 bridgehead atoms. The molecule has 1 N–H and O–H groups in total. The van der Waals surface area contributed by atoms with Crippen molar-refractivity contribution in [2.45, 2.75) is 19.8 Å². The number of fused-ring (bicyclic) bond motifs is 1. The summed E-state index contributed by atoms with van der Waals surface area (Å²) in [4.78, 5) is 16.2. The van der Waals surface area contributed by atoms with Crippen LogP contribution in [-0.4, -0.2) is 17.4 Å². The van der Waals surface area contributed by atoms with Crippen LogP contribution < -0.4 is 5.32 Å². The van der Waals surface area contributed by atoms with Crippen LogP contribution in [0.4, 0.5) is 4.39 Å². The molecule has 4 nitrogen and oxygen atoms in total. The number of benzene rings is 2. The molecule has 0 spiro atoms. The van der Waals surface area contributed by atoms with Crippen molar-refractivity contribution in [3.8, 4) is 0 Å².